The first-order valence-electron chi connectivity index (χ1n) is 19.3. The summed E-state index contributed by atoms with van der Waals surface area (Å²) in [5.74, 6) is 0.569. The molecule has 0 spiro atoms. The number of fused-ring (bicyclic) bond motifs is 12. The molecule has 0 aliphatic rings. The second-order valence-corrected chi connectivity index (χ2v) is 14.7. The molecule has 266 valence electrons. The number of hydrogen-bond acceptors (Lipinski definition) is 4. The van der Waals surface area contributed by atoms with Gasteiger partial charge in [0.1, 0.15) is 16.7 Å². The van der Waals surface area contributed by atoms with Gasteiger partial charge in [-0.1, -0.05) is 133 Å². The van der Waals surface area contributed by atoms with Crippen LogP contribution in [0.4, 0.5) is 17.1 Å². The second kappa shape index (κ2) is 12.4. The van der Waals surface area contributed by atoms with Crippen molar-refractivity contribution >= 4 is 93.2 Å². The molecule has 4 nitrogen and oxygen atoms in total. The van der Waals surface area contributed by atoms with Gasteiger partial charge in [-0.25, -0.2) is 4.98 Å². The molecular formula is C53H32N2O2. The molecule has 0 amide bonds. The van der Waals surface area contributed by atoms with Crippen LogP contribution in [0.2, 0.25) is 0 Å². The number of para-hydroxylation sites is 2. The summed E-state index contributed by atoms with van der Waals surface area (Å²) >= 11 is 0. The minimum absolute atomic E-state index is 0.569. The minimum atomic E-state index is 0.569. The highest BCUT2D eigenvalue weighted by Crippen LogP contribution is 2.48. The number of anilines is 3. The van der Waals surface area contributed by atoms with Crippen LogP contribution in [0.15, 0.2) is 203 Å². The summed E-state index contributed by atoms with van der Waals surface area (Å²) in [5.41, 5.74) is 9.57. The summed E-state index contributed by atoms with van der Waals surface area (Å²) < 4.78 is 13.1. The average Bonchev–Trinajstić information content (AvgIpc) is 3.90. The Kier molecular flexibility index (Phi) is 6.89. The van der Waals surface area contributed by atoms with Crippen LogP contribution in [0.1, 0.15) is 0 Å². The Balaban J connectivity index is 1.14. The maximum absolute atomic E-state index is 6.92. The smallest absolute Gasteiger partial charge is 0.227 e. The van der Waals surface area contributed by atoms with Crippen molar-refractivity contribution in [2.24, 2.45) is 0 Å². The van der Waals surface area contributed by atoms with Crippen molar-refractivity contribution in [3.8, 4) is 22.6 Å². The van der Waals surface area contributed by atoms with Crippen LogP contribution in [0.5, 0.6) is 0 Å². The van der Waals surface area contributed by atoms with Gasteiger partial charge in [0.25, 0.3) is 0 Å². The predicted molar refractivity (Wildman–Crippen MR) is 237 cm³/mol. The molecule has 10 aromatic carbocycles. The average molecular weight is 729 g/mol. The Hall–Kier alpha value is -7.69. The van der Waals surface area contributed by atoms with Gasteiger partial charge in [-0.3, -0.25) is 0 Å². The van der Waals surface area contributed by atoms with Crippen LogP contribution in [0, 0.1) is 0 Å². The standard InChI is InChI=1S/C53H32N2O2/c1-2-12-33(13-3-1)34-22-25-37(26-23-34)55(38-27-29-44-42-18-7-6-16-40(42)41-17-8-9-19-43(41)46(44)32-38)48-30-35-14-4-5-15-39(35)52-51(48)45-28-24-36(31-50(45)56-52)53-54-47-20-10-11-21-49(47)57-53/h1-32H. The third kappa shape index (κ3) is 4.98. The van der Waals surface area contributed by atoms with Gasteiger partial charge in [0, 0.05) is 27.7 Å². The van der Waals surface area contributed by atoms with Gasteiger partial charge >= 0.3 is 0 Å². The van der Waals surface area contributed by atoms with Gasteiger partial charge in [0.2, 0.25) is 5.89 Å². The van der Waals surface area contributed by atoms with Crippen LogP contribution in [0.3, 0.4) is 0 Å². The predicted octanol–water partition coefficient (Wildman–Crippen LogP) is 15.1. The van der Waals surface area contributed by atoms with E-state index in [4.69, 9.17) is 13.8 Å². The highest BCUT2D eigenvalue weighted by atomic mass is 16.3. The van der Waals surface area contributed by atoms with Crippen molar-refractivity contribution in [2.75, 3.05) is 4.90 Å². The van der Waals surface area contributed by atoms with E-state index in [-0.39, 0.29) is 0 Å². The second-order valence-electron chi connectivity index (χ2n) is 14.7. The molecule has 0 aliphatic carbocycles. The van der Waals surface area contributed by atoms with Crippen molar-refractivity contribution in [1.29, 1.82) is 0 Å². The van der Waals surface area contributed by atoms with E-state index in [0.717, 1.165) is 66.4 Å². The summed E-state index contributed by atoms with van der Waals surface area (Å²) in [4.78, 5) is 7.20. The summed E-state index contributed by atoms with van der Waals surface area (Å²) in [6, 6.07) is 68.9. The Bertz CT molecular complexity index is 3460. The zero-order valence-electron chi connectivity index (χ0n) is 30.7. The minimum Gasteiger partial charge on any atom is -0.455 e. The molecule has 12 aromatic rings. The summed E-state index contributed by atoms with van der Waals surface area (Å²) in [7, 11) is 0. The zero-order chi connectivity index (χ0) is 37.5. The molecule has 0 saturated heterocycles. The molecule has 4 heteroatoms. The molecule has 0 radical (unpaired) electrons. The van der Waals surface area contributed by atoms with E-state index in [9.17, 15) is 0 Å². The highest BCUT2D eigenvalue weighted by Gasteiger charge is 2.23. The number of benzene rings is 10. The first-order valence-corrected chi connectivity index (χ1v) is 19.3. The van der Waals surface area contributed by atoms with E-state index in [1.165, 1.54) is 43.4 Å². The first kappa shape index (κ1) is 31.6. The summed E-state index contributed by atoms with van der Waals surface area (Å²) in [5, 5.41) is 11.7. The molecule has 2 aromatic heterocycles. The van der Waals surface area contributed by atoms with Gasteiger partial charge in [-0.15, -0.1) is 0 Å². The molecule has 0 bridgehead atoms. The van der Waals surface area contributed by atoms with Crippen LogP contribution >= 0.6 is 0 Å². The molecule has 0 saturated carbocycles. The lowest BCUT2D eigenvalue weighted by Gasteiger charge is -2.27. The van der Waals surface area contributed by atoms with Crippen molar-refractivity contribution in [1.82, 2.24) is 4.98 Å². The van der Waals surface area contributed by atoms with Crippen molar-refractivity contribution in [3.05, 3.63) is 194 Å². The maximum Gasteiger partial charge on any atom is 0.227 e. The number of furan rings is 1. The van der Waals surface area contributed by atoms with Crippen LogP contribution < -0.4 is 4.90 Å². The molecule has 0 N–H and O–H groups in total. The van der Waals surface area contributed by atoms with Crippen molar-refractivity contribution < 1.29 is 8.83 Å². The van der Waals surface area contributed by atoms with Gasteiger partial charge in [0.05, 0.1) is 11.1 Å². The Labute approximate surface area is 327 Å². The third-order valence-electron chi connectivity index (χ3n) is 11.4. The fourth-order valence-corrected chi connectivity index (χ4v) is 8.79. The number of aromatic nitrogens is 1. The summed E-state index contributed by atoms with van der Waals surface area (Å²) in [6.07, 6.45) is 0. The fraction of sp³-hybridized carbons (Fsp3) is 0. The van der Waals surface area contributed by atoms with E-state index in [1.54, 1.807) is 0 Å². The molecule has 0 unspecified atom stereocenters. The molecular weight excluding hydrogens is 697 g/mol. The van der Waals surface area contributed by atoms with Crippen LogP contribution in [0.25, 0.3) is 98.7 Å². The largest absolute Gasteiger partial charge is 0.455 e. The Morgan fingerprint density at radius 1 is 0.368 bits per heavy atom. The highest BCUT2D eigenvalue weighted by molar-refractivity contribution is 6.26. The van der Waals surface area contributed by atoms with Crippen LogP contribution in [-0.4, -0.2) is 4.98 Å². The van der Waals surface area contributed by atoms with E-state index in [1.807, 2.05) is 24.3 Å². The first-order chi connectivity index (χ1) is 28.2. The monoisotopic (exact) mass is 728 g/mol. The van der Waals surface area contributed by atoms with Gasteiger partial charge < -0.3 is 13.7 Å². The topological polar surface area (TPSA) is 42.4 Å². The normalized spacial score (nSPS) is 11.9. The number of nitrogens with zero attached hydrogens (tertiary/aromatic N) is 2. The lowest BCUT2D eigenvalue weighted by atomic mass is 9.93. The molecule has 0 fully saturated rings. The lowest BCUT2D eigenvalue weighted by molar-refractivity contribution is 0.619. The van der Waals surface area contributed by atoms with Gasteiger partial charge in [0.15, 0.2) is 5.58 Å². The van der Waals surface area contributed by atoms with Gasteiger partial charge in [-0.2, -0.15) is 0 Å². The fourth-order valence-electron chi connectivity index (χ4n) is 8.79. The molecule has 2 heterocycles. The van der Waals surface area contributed by atoms with E-state index < -0.39 is 0 Å². The SMILES string of the molecule is c1ccc(-c2ccc(N(c3ccc4c5ccccc5c5ccccc5c4c3)c3cc4ccccc4c4oc5cc(-c6nc7ccccc7o6)ccc5c34)cc2)cc1. The number of hydrogen-bond donors (Lipinski definition) is 0. The third-order valence-corrected chi connectivity index (χ3v) is 11.4. The quantitative estimate of drug-likeness (QED) is 0.166. The number of oxazole rings is 1. The lowest BCUT2D eigenvalue weighted by Crippen LogP contribution is -2.10. The Morgan fingerprint density at radius 2 is 0.947 bits per heavy atom. The molecule has 12 rings (SSSR count). The maximum atomic E-state index is 6.92. The molecule has 0 aliphatic heterocycles. The molecule has 0 atom stereocenters. The number of rotatable bonds is 5. The van der Waals surface area contributed by atoms with E-state index in [2.05, 4.69) is 175 Å². The van der Waals surface area contributed by atoms with E-state index >= 15 is 0 Å². The van der Waals surface area contributed by atoms with Crippen molar-refractivity contribution in [3.63, 3.8) is 0 Å². The molecule has 57 heavy (non-hydrogen) atoms. The van der Waals surface area contributed by atoms with Gasteiger partial charge in [-0.05, 0) is 109 Å². The van der Waals surface area contributed by atoms with Crippen LogP contribution in [-0.2, 0) is 0 Å². The van der Waals surface area contributed by atoms with E-state index in [0.29, 0.717) is 5.89 Å². The Morgan fingerprint density at radius 3 is 1.70 bits per heavy atom. The zero-order valence-corrected chi connectivity index (χ0v) is 30.7. The van der Waals surface area contributed by atoms with Crippen molar-refractivity contribution in [2.45, 2.75) is 0 Å². The summed E-state index contributed by atoms with van der Waals surface area (Å²) in [6.45, 7) is 0.